The van der Waals surface area contributed by atoms with Gasteiger partial charge in [-0.15, -0.1) is 0 Å². The highest BCUT2D eigenvalue weighted by atomic mass is 16.1. The summed E-state index contributed by atoms with van der Waals surface area (Å²) in [5, 5.41) is 3.19. The number of rotatable bonds is 2. The normalized spacial score (nSPS) is 16.3. The molecule has 0 saturated heterocycles. The lowest BCUT2D eigenvalue weighted by Gasteiger charge is -2.13. The van der Waals surface area contributed by atoms with E-state index in [1.54, 1.807) is 18.5 Å². The second-order valence-electron chi connectivity index (χ2n) is 3.36. The molecule has 0 atom stereocenters. The highest BCUT2D eigenvalue weighted by molar-refractivity contribution is 5.91. The van der Waals surface area contributed by atoms with Crippen LogP contribution in [0, 0.1) is 0 Å². The van der Waals surface area contributed by atoms with Crippen molar-refractivity contribution in [2.24, 2.45) is 0 Å². The third-order valence-electron chi connectivity index (χ3n) is 2.17. The first-order valence-electron chi connectivity index (χ1n) is 4.75. The molecule has 0 radical (unpaired) electrons. The van der Waals surface area contributed by atoms with Gasteiger partial charge in [0.05, 0.1) is 11.9 Å². The smallest absolute Gasteiger partial charge is 0.157 e. The molecule has 1 aromatic rings. The Labute approximate surface area is 82.9 Å². The maximum atomic E-state index is 11.1. The van der Waals surface area contributed by atoms with E-state index < -0.39 is 0 Å². The molecular weight excluding hydrogens is 176 g/mol. The number of pyridine rings is 1. The van der Waals surface area contributed by atoms with Gasteiger partial charge in [-0.2, -0.15) is 0 Å². The molecule has 3 nitrogen and oxygen atoms in total. The van der Waals surface area contributed by atoms with Gasteiger partial charge in [0.2, 0.25) is 0 Å². The van der Waals surface area contributed by atoms with E-state index in [0.29, 0.717) is 6.42 Å². The molecule has 0 spiro atoms. The molecule has 3 heteroatoms. The fourth-order valence-corrected chi connectivity index (χ4v) is 1.51. The largest absolute Gasteiger partial charge is 0.358 e. The van der Waals surface area contributed by atoms with Crippen LogP contribution < -0.4 is 5.32 Å². The van der Waals surface area contributed by atoms with E-state index in [-0.39, 0.29) is 5.78 Å². The average Bonchev–Trinajstić information content (AvgIpc) is 2.19. The van der Waals surface area contributed by atoms with Gasteiger partial charge in [-0.3, -0.25) is 9.78 Å². The van der Waals surface area contributed by atoms with E-state index in [0.717, 1.165) is 24.2 Å². The van der Waals surface area contributed by atoms with Crippen molar-refractivity contribution < 1.29 is 4.79 Å². The zero-order valence-electron chi connectivity index (χ0n) is 7.86. The summed E-state index contributed by atoms with van der Waals surface area (Å²) in [6.07, 6.45) is 7.73. The summed E-state index contributed by atoms with van der Waals surface area (Å²) in [7, 11) is 0. The minimum atomic E-state index is 0.211. The predicted molar refractivity (Wildman–Crippen MR) is 54.8 cm³/mol. The number of ketones is 1. The van der Waals surface area contributed by atoms with Gasteiger partial charge < -0.3 is 5.32 Å². The van der Waals surface area contributed by atoms with Crippen LogP contribution in [-0.2, 0) is 4.79 Å². The standard InChI is InChI=1S/C11H12N2O/c14-11-5-1-3-9(7-11)13-10-4-2-6-12-8-10/h2,4,6-8,13H,1,3,5H2. The highest BCUT2D eigenvalue weighted by Crippen LogP contribution is 2.17. The first-order chi connectivity index (χ1) is 6.84. The van der Waals surface area contributed by atoms with E-state index >= 15 is 0 Å². The molecule has 0 unspecified atom stereocenters. The van der Waals surface area contributed by atoms with Crippen LogP contribution in [0.2, 0.25) is 0 Å². The molecule has 0 aromatic carbocycles. The molecule has 2 rings (SSSR count). The molecule has 1 aliphatic rings. The van der Waals surface area contributed by atoms with E-state index in [9.17, 15) is 4.79 Å². The number of nitrogens with one attached hydrogen (secondary N) is 1. The topological polar surface area (TPSA) is 42.0 Å². The van der Waals surface area contributed by atoms with Gasteiger partial charge in [-0.1, -0.05) is 0 Å². The number of carbonyl (C=O) groups is 1. The van der Waals surface area contributed by atoms with Crippen molar-refractivity contribution in [3.05, 3.63) is 36.3 Å². The van der Waals surface area contributed by atoms with Gasteiger partial charge in [0.25, 0.3) is 0 Å². The fraction of sp³-hybridized carbons (Fsp3) is 0.273. The van der Waals surface area contributed by atoms with Crippen LogP contribution >= 0.6 is 0 Å². The Balaban J connectivity index is 2.08. The van der Waals surface area contributed by atoms with Crippen molar-refractivity contribution in [3.8, 4) is 0 Å². The highest BCUT2D eigenvalue weighted by Gasteiger charge is 2.09. The zero-order chi connectivity index (χ0) is 9.80. The van der Waals surface area contributed by atoms with Crippen molar-refractivity contribution in [1.29, 1.82) is 0 Å². The summed E-state index contributed by atoms with van der Waals surface area (Å²) in [6.45, 7) is 0. The van der Waals surface area contributed by atoms with Crippen molar-refractivity contribution in [2.45, 2.75) is 19.3 Å². The van der Waals surface area contributed by atoms with Crippen LogP contribution in [-0.4, -0.2) is 10.8 Å². The maximum Gasteiger partial charge on any atom is 0.157 e. The van der Waals surface area contributed by atoms with Gasteiger partial charge in [-0.05, 0) is 25.0 Å². The lowest BCUT2D eigenvalue weighted by Crippen LogP contribution is -2.09. The Morgan fingerprint density at radius 3 is 3.00 bits per heavy atom. The van der Waals surface area contributed by atoms with Gasteiger partial charge in [0.1, 0.15) is 0 Å². The Kier molecular flexibility index (Phi) is 2.58. The number of aromatic nitrogens is 1. The summed E-state index contributed by atoms with van der Waals surface area (Å²) in [6, 6.07) is 3.81. The second-order valence-corrected chi connectivity index (χ2v) is 3.36. The molecule has 0 saturated carbocycles. The van der Waals surface area contributed by atoms with E-state index in [1.165, 1.54) is 0 Å². The molecular formula is C11H12N2O. The van der Waals surface area contributed by atoms with Crippen molar-refractivity contribution in [2.75, 3.05) is 5.32 Å². The Hall–Kier alpha value is -1.64. The van der Waals surface area contributed by atoms with E-state index in [4.69, 9.17) is 0 Å². The number of hydrogen-bond donors (Lipinski definition) is 1. The summed E-state index contributed by atoms with van der Waals surface area (Å²) in [4.78, 5) is 15.1. The van der Waals surface area contributed by atoms with Crippen LogP contribution in [0.1, 0.15) is 19.3 Å². The zero-order valence-corrected chi connectivity index (χ0v) is 7.86. The Morgan fingerprint density at radius 2 is 2.29 bits per heavy atom. The first kappa shape index (κ1) is 8.94. The van der Waals surface area contributed by atoms with Gasteiger partial charge >= 0.3 is 0 Å². The van der Waals surface area contributed by atoms with E-state index in [1.807, 2.05) is 12.1 Å². The monoisotopic (exact) mass is 188 g/mol. The number of allylic oxidation sites excluding steroid dienone is 2. The molecule has 1 aliphatic carbocycles. The van der Waals surface area contributed by atoms with Crippen LogP contribution in [0.5, 0.6) is 0 Å². The van der Waals surface area contributed by atoms with Crippen LogP contribution in [0.15, 0.2) is 36.3 Å². The molecule has 14 heavy (non-hydrogen) atoms. The van der Waals surface area contributed by atoms with Gasteiger partial charge in [0.15, 0.2) is 5.78 Å². The average molecular weight is 188 g/mol. The Bertz CT molecular complexity index is 357. The van der Waals surface area contributed by atoms with Gasteiger partial charge in [0, 0.05) is 24.4 Å². The number of nitrogens with zero attached hydrogens (tertiary/aromatic N) is 1. The molecule has 72 valence electrons. The molecule has 0 bridgehead atoms. The van der Waals surface area contributed by atoms with Crippen molar-refractivity contribution >= 4 is 11.5 Å². The molecule has 0 aliphatic heterocycles. The quantitative estimate of drug-likeness (QED) is 0.773. The summed E-state index contributed by atoms with van der Waals surface area (Å²) < 4.78 is 0. The van der Waals surface area contributed by atoms with Crippen molar-refractivity contribution in [1.82, 2.24) is 4.98 Å². The van der Waals surface area contributed by atoms with Crippen LogP contribution in [0.25, 0.3) is 0 Å². The Morgan fingerprint density at radius 1 is 1.36 bits per heavy atom. The lowest BCUT2D eigenvalue weighted by molar-refractivity contribution is -0.115. The SMILES string of the molecule is O=C1C=C(Nc2cccnc2)CCC1. The molecule has 0 amide bonds. The number of carbonyl (C=O) groups excluding carboxylic acids is 1. The van der Waals surface area contributed by atoms with Crippen LogP contribution in [0.3, 0.4) is 0 Å². The minimum Gasteiger partial charge on any atom is -0.358 e. The first-order valence-corrected chi connectivity index (χ1v) is 4.75. The van der Waals surface area contributed by atoms with Crippen LogP contribution in [0.4, 0.5) is 5.69 Å². The predicted octanol–water partition coefficient (Wildman–Crippen LogP) is 2.13. The maximum absolute atomic E-state index is 11.1. The summed E-state index contributed by atoms with van der Waals surface area (Å²) in [5.41, 5.74) is 1.93. The van der Waals surface area contributed by atoms with E-state index in [2.05, 4.69) is 10.3 Å². The summed E-state index contributed by atoms with van der Waals surface area (Å²) >= 11 is 0. The molecule has 1 aromatic heterocycles. The minimum absolute atomic E-state index is 0.211. The van der Waals surface area contributed by atoms with Crippen molar-refractivity contribution in [3.63, 3.8) is 0 Å². The lowest BCUT2D eigenvalue weighted by atomic mass is 10.0. The second kappa shape index (κ2) is 4.05. The molecule has 1 N–H and O–H groups in total. The third-order valence-corrected chi connectivity index (χ3v) is 2.17. The fourth-order valence-electron chi connectivity index (χ4n) is 1.51. The number of anilines is 1. The molecule has 1 heterocycles. The summed E-state index contributed by atoms with van der Waals surface area (Å²) in [5.74, 6) is 0.211. The molecule has 0 fully saturated rings. The number of hydrogen-bond acceptors (Lipinski definition) is 3. The third kappa shape index (κ3) is 2.19. The van der Waals surface area contributed by atoms with Gasteiger partial charge in [-0.25, -0.2) is 0 Å².